The summed E-state index contributed by atoms with van der Waals surface area (Å²) >= 11 is 0. The first kappa shape index (κ1) is 6.70. The van der Waals surface area contributed by atoms with E-state index in [0.717, 1.165) is 5.92 Å². The molecular formula is C10H14N2. The molecule has 64 valence electrons. The predicted octanol–water partition coefficient (Wildman–Crippen LogP) is 2.10. The molecule has 0 aromatic carbocycles. The number of hydrogen-bond donors (Lipinski definition) is 0. The zero-order chi connectivity index (χ0) is 7.97. The van der Waals surface area contributed by atoms with E-state index in [1.807, 2.05) is 0 Å². The average molecular weight is 162 g/mol. The standard InChI is InChI=1S/C10H14N2/c1-2-6-12-7-9(8-4-5-8)11-10(12)3-1/h7-8H,1-6H2. The van der Waals surface area contributed by atoms with Crippen molar-refractivity contribution in [2.24, 2.45) is 0 Å². The third-order valence-electron chi connectivity index (χ3n) is 2.92. The van der Waals surface area contributed by atoms with Crippen LogP contribution in [0.4, 0.5) is 0 Å². The van der Waals surface area contributed by atoms with Gasteiger partial charge in [0.15, 0.2) is 0 Å². The van der Waals surface area contributed by atoms with E-state index in [1.54, 1.807) is 0 Å². The van der Waals surface area contributed by atoms with Crippen molar-refractivity contribution >= 4 is 0 Å². The maximum absolute atomic E-state index is 4.68. The zero-order valence-electron chi connectivity index (χ0n) is 7.29. The van der Waals surface area contributed by atoms with E-state index in [1.165, 1.54) is 50.2 Å². The molecule has 1 saturated carbocycles. The molecule has 2 aliphatic rings. The fraction of sp³-hybridized carbons (Fsp3) is 0.700. The highest BCUT2D eigenvalue weighted by Gasteiger charge is 2.27. The largest absolute Gasteiger partial charge is 0.335 e. The number of nitrogens with zero attached hydrogens (tertiary/aromatic N) is 2. The van der Waals surface area contributed by atoms with Crippen LogP contribution in [0.25, 0.3) is 0 Å². The normalized spacial score (nSPS) is 22.3. The Balaban J connectivity index is 1.97. The summed E-state index contributed by atoms with van der Waals surface area (Å²) in [7, 11) is 0. The van der Waals surface area contributed by atoms with Crippen LogP contribution in [0.3, 0.4) is 0 Å². The SMILES string of the molecule is c1c(C2CC2)nc2n1CCCC2. The molecule has 2 heteroatoms. The average Bonchev–Trinajstić information content (AvgIpc) is 2.85. The van der Waals surface area contributed by atoms with E-state index in [-0.39, 0.29) is 0 Å². The fourth-order valence-corrected chi connectivity index (χ4v) is 2.01. The van der Waals surface area contributed by atoms with Crippen LogP contribution < -0.4 is 0 Å². The summed E-state index contributed by atoms with van der Waals surface area (Å²) in [5, 5.41) is 0. The summed E-state index contributed by atoms with van der Waals surface area (Å²) < 4.78 is 2.36. The molecular weight excluding hydrogens is 148 g/mol. The predicted molar refractivity (Wildman–Crippen MR) is 47.1 cm³/mol. The third kappa shape index (κ3) is 0.977. The van der Waals surface area contributed by atoms with Crippen molar-refractivity contribution < 1.29 is 0 Å². The molecule has 0 N–H and O–H groups in total. The minimum absolute atomic E-state index is 0.822. The van der Waals surface area contributed by atoms with Gasteiger partial charge in [-0.15, -0.1) is 0 Å². The highest BCUT2D eigenvalue weighted by atomic mass is 15.1. The van der Waals surface area contributed by atoms with Crippen molar-refractivity contribution in [3.8, 4) is 0 Å². The van der Waals surface area contributed by atoms with Gasteiger partial charge in [-0.2, -0.15) is 0 Å². The van der Waals surface area contributed by atoms with Crippen LogP contribution in [-0.4, -0.2) is 9.55 Å². The molecule has 2 heterocycles. The Morgan fingerprint density at radius 3 is 3.00 bits per heavy atom. The first-order valence-corrected chi connectivity index (χ1v) is 4.99. The minimum atomic E-state index is 0.822. The molecule has 12 heavy (non-hydrogen) atoms. The number of aromatic nitrogens is 2. The molecule has 0 atom stereocenters. The molecule has 0 radical (unpaired) electrons. The van der Waals surface area contributed by atoms with Gasteiger partial charge in [0.25, 0.3) is 0 Å². The second-order valence-electron chi connectivity index (χ2n) is 4.01. The van der Waals surface area contributed by atoms with Crippen LogP contribution in [0.5, 0.6) is 0 Å². The first-order valence-electron chi connectivity index (χ1n) is 4.99. The molecule has 0 unspecified atom stereocenters. The van der Waals surface area contributed by atoms with Crippen molar-refractivity contribution in [1.82, 2.24) is 9.55 Å². The van der Waals surface area contributed by atoms with Gasteiger partial charge in [0.2, 0.25) is 0 Å². The van der Waals surface area contributed by atoms with Crippen molar-refractivity contribution in [1.29, 1.82) is 0 Å². The molecule has 2 nitrogen and oxygen atoms in total. The smallest absolute Gasteiger partial charge is 0.108 e. The molecule has 1 aromatic heterocycles. The molecule has 3 rings (SSSR count). The summed E-state index contributed by atoms with van der Waals surface area (Å²) in [5.74, 6) is 2.16. The van der Waals surface area contributed by atoms with Gasteiger partial charge in [-0.05, 0) is 25.7 Å². The van der Waals surface area contributed by atoms with E-state index in [0.29, 0.717) is 0 Å². The Morgan fingerprint density at radius 1 is 1.33 bits per heavy atom. The molecule has 0 amide bonds. The van der Waals surface area contributed by atoms with E-state index in [2.05, 4.69) is 15.7 Å². The van der Waals surface area contributed by atoms with Gasteiger partial charge in [0, 0.05) is 25.1 Å². The Hall–Kier alpha value is -0.790. The van der Waals surface area contributed by atoms with E-state index < -0.39 is 0 Å². The maximum Gasteiger partial charge on any atom is 0.108 e. The Kier molecular flexibility index (Phi) is 1.31. The fourth-order valence-electron chi connectivity index (χ4n) is 2.01. The molecule has 1 aliphatic heterocycles. The number of fused-ring (bicyclic) bond motifs is 1. The molecule has 1 aliphatic carbocycles. The third-order valence-corrected chi connectivity index (χ3v) is 2.92. The van der Waals surface area contributed by atoms with Gasteiger partial charge in [-0.25, -0.2) is 4.98 Å². The quantitative estimate of drug-likeness (QED) is 0.618. The van der Waals surface area contributed by atoms with Crippen molar-refractivity contribution in [3.05, 3.63) is 17.7 Å². The lowest BCUT2D eigenvalue weighted by Crippen LogP contribution is -2.08. The molecule has 1 fully saturated rings. The highest BCUT2D eigenvalue weighted by Crippen LogP contribution is 2.39. The summed E-state index contributed by atoms with van der Waals surface area (Å²) in [6.45, 7) is 1.20. The van der Waals surface area contributed by atoms with Crippen LogP contribution in [0.15, 0.2) is 6.20 Å². The van der Waals surface area contributed by atoms with Crippen molar-refractivity contribution in [3.63, 3.8) is 0 Å². The van der Waals surface area contributed by atoms with Gasteiger partial charge in [-0.3, -0.25) is 0 Å². The highest BCUT2D eigenvalue weighted by molar-refractivity contribution is 5.15. The van der Waals surface area contributed by atoms with Crippen LogP contribution in [-0.2, 0) is 13.0 Å². The van der Waals surface area contributed by atoms with E-state index >= 15 is 0 Å². The number of rotatable bonds is 1. The van der Waals surface area contributed by atoms with Gasteiger partial charge in [-0.1, -0.05) is 0 Å². The lowest BCUT2D eigenvalue weighted by molar-refractivity contribution is 0.522. The molecule has 0 spiro atoms. The minimum Gasteiger partial charge on any atom is -0.335 e. The Bertz CT molecular complexity index is 273. The van der Waals surface area contributed by atoms with E-state index in [4.69, 9.17) is 0 Å². The number of imidazole rings is 1. The van der Waals surface area contributed by atoms with Gasteiger partial charge < -0.3 is 4.57 Å². The van der Waals surface area contributed by atoms with Crippen LogP contribution in [0.1, 0.15) is 43.1 Å². The second kappa shape index (κ2) is 2.35. The van der Waals surface area contributed by atoms with Crippen molar-refractivity contribution in [2.45, 2.75) is 44.6 Å². The van der Waals surface area contributed by atoms with Gasteiger partial charge >= 0.3 is 0 Å². The van der Waals surface area contributed by atoms with E-state index in [9.17, 15) is 0 Å². The second-order valence-corrected chi connectivity index (χ2v) is 4.01. The van der Waals surface area contributed by atoms with Crippen molar-refractivity contribution in [2.75, 3.05) is 0 Å². The monoisotopic (exact) mass is 162 g/mol. The number of hydrogen-bond acceptors (Lipinski definition) is 1. The number of aryl methyl sites for hydroxylation is 2. The van der Waals surface area contributed by atoms with Crippen LogP contribution in [0, 0.1) is 0 Å². The zero-order valence-corrected chi connectivity index (χ0v) is 7.29. The summed E-state index contributed by atoms with van der Waals surface area (Å²) in [6.07, 6.45) is 8.90. The molecule has 0 saturated heterocycles. The summed E-state index contributed by atoms with van der Waals surface area (Å²) in [4.78, 5) is 4.68. The summed E-state index contributed by atoms with van der Waals surface area (Å²) in [5.41, 5.74) is 1.37. The molecule has 1 aromatic rings. The first-order chi connectivity index (χ1) is 5.93. The topological polar surface area (TPSA) is 17.8 Å². The lowest BCUT2D eigenvalue weighted by Gasteiger charge is -2.11. The van der Waals surface area contributed by atoms with Gasteiger partial charge in [0.05, 0.1) is 5.69 Å². The molecule has 0 bridgehead atoms. The maximum atomic E-state index is 4.68. The lowest BCUT2D eigenvalue weighted by atomic mass is 10.2. The van der Waals surface area contributed by atoms with Crippen LogP contribution in [0.2, 0.25) is 0 Å². The van der Waals surface area contributed by atoms with Gasteiger partial charge in [0.1, 0.15) is 5.82 Å². The summed E-state index contributed by atoms with van der Waals surface area (Å²) in [6, 6.07) is 0. The Labute approximate surface area is 72.6 Å². The Morgan fingerprint density at radius 2 is 2.25 bits per heavy atom. The van der Waals surface area contributed by atoms with Crippen LogP contribution >= 0.6 is 0 Å².